The molecular weight excluding hydrogens is 308 g/mol. The lowest BCUT2D eigenvalue weighted by molar-refractivity contribution is 0.322. The van der Waals surface area contributed by atoms with Crippen molar-refractivity contribution in [3.8, 4) is 5.75 Å². The Labute approximate surface area is 150 Å². The molecule has 0 radical (unpaired) electrons. The highest BCUT2D eigenvalue weighted by Crippen LogP contribution is 2.41. The van der Waals surface area contributed by atoms with Gasteiger partial charge in [-0.3, -0.25) is 0 Å². The molecule has 1 unspecified atom stereocenters. The summed E-state index contributed by atoms with van der Waals surface area (Å²) in [7, 11) is 0. The predicted octanol–water partition coefficient (Wildman–Crippen LogP) is 3.51. The minimum Gasteiger partial charge on any atom is -0.493 e. The fourth-order valence-electron chi connectivity index (χ4n) is 3.35. The molecule has 0 amide bonds. The van der Waals surface area contributed by atoms with Gasteiger partial charge in [0.25, 0.3) is 0 Å². The monoisotopic (exact) mass is 336 g/mol. The van der Waals surface area contributed by atoms with Crippen LogP contribution in [0, 0.1) is 0 Å². The summed E-state index contributed by atoms with van der Waals surface area (Å²) in [5.74, 6) is 1.65. The van der Waals surface area contributed by atoms with Gasteiger partial charge in [-0.15, -0.1) is 0 Å². The van der Waals surface area contributed by atoms with Crippen molar-refractivity contribution >= 4 is 0 Å². The van der Waals surface area contributed by atoms with Crippen molar-refractivity contribution < 1.29 is 4.74 Å². The van der Waals surface area contributed by atoms with Crippen LogP contribution in [0.2, 0.25) is 0 Å². The third kappa shape index (κ3) is 5.07. The fraction of sp³-hybridized carbons (Fsp3) is 0.455. The molecule has 3 nitrogen and oxygen atoms in total. The van der Waals surface area contributed by atoms with Crippen molar-refractivity contribution in [1.82, 2.24) is 10.6 Å². The Hall–Kier alpha value is -1.84. The van der Waals surface area contributed by atoms with Crippen molar-refractivity contribution in [1.29, 1.82) is 0 Å². The maximum Gasteiger partial charge on any atom is 0.119 e. The second-order valence-electron chi connectivity index (χ2n) is 7.28. The molecule has 2 atom stereocenters. The average molecular weight is 336 g/mol. The van der Waals surface area contributed by atoms with E-state index in [0.29, 0.717) is 12.0 Å². The number of hydrogen-bond acceptors (Lipinski definition) is 3. The van der Waals surface area contributed by atoms with E-state index in [1.807, 2.05) is 6.07 Å². The summed E-state index contributed by atoms with van der Waals surface area (Å²) in [6, 6.07) is 20.6. The zero-order valence-electron chi connectivity index (χ0n) is 14.8. The highest BCUT2D eigenvalue weighted by molar-refractivity contribution is 5.33. The first-order valence-corrected chi connectivity index (χ1v) is 9.62. The first-order valence-electron chi connectivity index (χ1n) is 9.62. The van der Waals surface area contributed by atoms with Gasteiger partial charge < -0.3 is 15.4 Å². The Kier molecular flexibility index (Phi) is 5.34. The van der Waals surface area contributed by atoms with Crippen LogP contribution in [0.4, 0.5) is 0 Å². The van der Waals surface area contributed by atoms with E-state index in [4.69, 9.17) is 4.74 Å². The number of rotatable bonds is 10. The van der Waals surface area contributed by atoms with Gasteiger partial charge in [-0.1, -0.05) is 42.5 Å². The van der Waals surface area contributed by atoms with Crippen LogP contribution in [0.3, 0.4) is 0 Å². The Bertz CT molecular complexity index is 651. The molecular formula is C22H28N2O. The minimum absolute atomic E-state index is 0.658. The number of hydrogen-bond donors (Lipinski definition) is 2. The van der Waals surface area contributed by atoms with E-state index >= 15 is 0 Å². The van der Waals surface area contributed by atoms with Crippen molar-refractivity contribution in [2.45, 2.75) is 43.7 Å². The molecule has 3 heteroatoms. The van der Waals surface area contributed by atoms with Gasteiger partial charge in [0.05, 0.1) is 6.61 Å². The van der Waals surface area contributed by atoms with Gasteiger partial charge in [-0.2, -0.15) is 0 Å². The zero-order valence-corrected chi connectivity index (χ0v) is 14.8. The molecule has 2 aliphatic rings. The van der Waals surface area contributed by atoms with E-state index in [1.54, 1.807) is 0 Å². The SMILES string of the molecule is c1ccc(CCOc2ccc(C3C[C@@H]3NCCNC3CC3)cc2)cc1. The second kappa shape index (κ2) is 8.03. The van der Waals surface area contributed by atoms with E-state index < -0.39 is 0 Å². The van der Waals surface area contributed by atoms with Gasteiger partial charge in [-0.05, 0) is 42.5 Å². The Balaban J connectivity index is 1.16. The van der Waals surface area contributed by atoms with Crippen molar-refractivity contribution in [3.63, 3.8) is 0 Å². The Morgan fingerprint density at radius 1 is 0.880 bits per heavy atom. The van der Waals surface area contributed by atoms with Gasteiger partial charge in [0.15, 0.2) is 0 Å². The summed E-state index contributed by atoms with van der Waals surface area (Å²) in [6.07, 6.45) is 4.95. The van der Waals surface area contributed by atoms with Crippen LogP contribution in [0.5, 0.6) is 5.75 Å². The summed E-state index contributed by atoms with van der Waals surface area (Å²) in [4.78, 5) is 0. The van der Waals surface area contributed by atoms with Crippen LogP contribution < -0.4 is 15.4 Å². The van der Waals surface area contributed by atoms with Gasteiger partial charge >= 0.3 is 0 Å². The van der Waals surface area contributed by atoms with Crippen LogP contribution in [-0.2, 0) is 6.42 Å². The lowest BCUT2D eigenvalue weighted by atomic mass is 10.1. The average Bonchev–Trinajstić information content (AvgIpc) is 3.56. The van der Waals surface area contributed by atoms with Crippen LogP contribution >= 0.6 is 0 Å². The first kappa shape index (κ1) is 16.6. The topological polar surface area (TPSA) is 33.3 Å². The van der Waals surface area contributed by atoms with E-state index in [0.717, 1.165) is 37.9 Å². The van der Waals surface area contributed by atoms with Crippen LogP contribution in [0.15, 0.2) is 54.6 Å². The van der Waals surface area contributed by atoms with Crippen molar-refractivity contribution in [3.05, 3.63) is 65.7 Å². The summed E-state index contributed by atoms with van der Waals surface area (Å²) >= 11 is 0. The molecule has 132 valence electrons. The molecule has 2 N–H and O–H groups in total. The maximum absolute atomic E-state index is 5.88. The molecule has 2 saturated carbocycles. The van der Waals surface area contributed by atoms with Crippen molar-refractivity contribution in [2.24, 2.45) is 0 Å². The van der Waals surface area contributed by atoms with E-state index in [2.05, 4.69) is 59.2 Å². The molecule has 0 bridgehead atoms. The standard InChI is InChI=1S/C22H28N2O/c1-2-4-17(5-3-1)12-15-25-20-10-6-18(7-11-20)21-16-22(21)24-14-13-23-19-8-9-19/h1-7,10-11,19,21-24H,8-9,12-16H2/t21?,22-/m0/s1. The molecule has 2 aromatic carbocycles. The number of ether oxygens (including phenoxy) is 1. The molecule has 4 rings (SSSR count). The smallest absolute Gasteiger partial charge is 0.119 e. The number of benzene rings is 2. The van der Waals surface area contributed by atoms with Crippen LogP contribution in [0.25, 0.3) is 0 Å². The van der Waals surface area contributed by atoms with E-state index in [-0.39, 0.29) is 0 Å². The first-order chi connectivity index (χ1) is 12.4. The summed E-state index contributed by atoms with van der Waals surface area (Å²) < 4.78 is 5.88. The zero-order chi connectivity index (χ0) is 16.9. The van der Waals surface area contributed by atoms with Gasteiger partial charge in [0, 0.05) is 37.5 Å². The largest absolute Gasteiger partial charge is 0.493 e. The highest BCUT2D eigenvalue weighted by Gasteiger charge is 2.37. The van der Waals surface area contributed by atoms with E-state index in [1.165, 1.54) is 30.4 Å². The van der Waals surface area contributed by atoms with Gasteiger partial charge in [0.2, 0.25) is 0 Å². The number of nitrogens with one attached hydrogen (secondary N) is 2. The summed E-state index contributed by atoms with van der Waals surface area (Å²) in [5, 5.41) is 7.22. The molecule has 2 aliphatic carbocycles. The second-order valence-corrected chi connectivity index (χ2v) is 7.28. The third-order valence-corrected chi connectivity index (χ3v) is 5.14. The summed E-state index contributed by atoms with van der Waals surface area (Å²) in [5.41, 5.74) is 2.75. The fourth-order valence-corrected chi connectivity index (χ4v) is 3.35. The molecule has 2 fully saturated rings. The molecule has 2 aromatic rings. The van der Waals surface area contributed by atoms with Gasteiger partial charge in [-0.25, -0.2) is 0 Å². The van der Waals surface area contributed by atoms with Crippen LogP contribution in [-0.4, -0.2) is 31.8 Å². The van der Waals surface area contributed by atoms with Crippen molar-refractivity contribution in [2.75, 3.05) is 19.7 Å². The van der Waals surface area contributed by atoms with Gasteiger partial charge in [0.1, 0.15) is 5.75 Å². The highest BCUT2D eigenvalue weighted by atomic mass is 16.5. The molecule has 0 aliphatic heterocycles. The third-order valence-electron chi connectivity index (χ3n) is 5.14. The van der Waals surface area contributed by atoms with E-state index in [9.17, 15) is 0 Å². The Morgan fingerprint density at radius 2 is 1.64 bits per heavy atom. The lowest BCUT2D eigenvalue weighted by Gasteiger charge is -2.08. The molecule has 0 heterocycles. The maximum atomic E-state index is 5.88. The molecule has 0 spiro atoms. The quantitative estimate of drug-likeness (QED) is 0.652. The van der Waals surface area contributed by atoms with Crippen LogP contribution in [0.1, 0.15) is 36.3 Å². The Morgan fingerprint density at radius 3 is 2.40 bits per heavy atom. The molecule has 0 aromatic heterocycles. The molecule has 25 heavy (non-hydrogen) atoms. The minimum atomic E-state index is 0.658. The molecule has 0 saturated heterocycles. The summed E-state index contributed by atoms with van der Waals surface area (Å²) in [6.45, 7) is 2.91. The normalized spacial score (nSPS) is 21.9. The lowest BCUT2D eigenvalue weighted by Crippen LogP contribution is -2.30. The predicted molar refractivity (Wildman–Crippen MR) is 102 cm³/mol.